The molecule has 0 aliphatic carbocycles. The second-order valence-corrected chi connectivity index (χ2v) is 3.08. The van der Waals surface area contributed by atoms with Gasteiger partial charge in [0.2, 0.25) is 0 Å². The number of H-pyrrole nitrogens is 2. The monoisotopic (exact) mass is 188 g/mol. The van der Waals surface area contributed by atoms with Gasteiger partial charge in [0.15, 0.2) is 23.1 Å². The van der Waals surface area contributed by atoms with E-state index in [4.69, 9.17) is 0 Å². The zero-order valence-corrected chi connectivity index (χ0v) is 6.45. The van der Waals surface area contributed by atoms with E-state index in [1.807, 2.05) is 0 Å². The van der Waals surface area contributed by atoms with Crippen LogP contribution in [0.4, 0.5) is 5.82 Å². The lowest BCUT2D eigenvalue weighted by molar-refractivity contribution is 0.0976. The smallest absolute Gasteiger partial charge is 0.325 e. The number of carbonyl (C=O) groups is 1. The predicted octanol–water partition coefficient (Wildman–Crippen LogP) is -1.56. The normalized spacial score (nSPS) is 21.1. The van der Waals surface area contributed by atoms with Crippen molar-refractivity contribution < 1.29 is 9.35 Å². The Hall–Kier alpha value is -1.41. The van der Waals surface area contributed by atoms with E-state index in [1.165, 1.54) is 0 Å². The molecule has 1 atom stereocenters. The Morgan fingerprint density at radius 3 is 2.67 bits per heavy atom. The van der Waals surface area contributed by atoms with Gasteiger partial charge < -0.3 is 4.55 Å². The molecule has 1 amide bonds. The van der Waals surface area contributed by atoms with E-state index < -0.39 is 23.1 Å². The molecule has 0 spiro atoms. The highest BCUT2D eigenvalue weighted by atomic mass is 32.2. The number of imidazole rings is 1. The van der Waals surface area contributed by atoms with Gasteiger partial charge in [0, 0.05) is 0 Å². The van der Waals surface area contributed by atoms with Gasteiger partial charge in [-0.2, -0.15) is 4.72 Å². The van der Waals surface area contributed by atoms with E-state index in [-0.39, 0.29) is 11.5 Å². The molecule has 4 N–H and O–H groups in total. The van der Waals surface area contributed by atoms with Crippen LogP contribution in [0.5, 0.6) is 0 Å². The van der Waals surface area contributed by atoms with Crippen molar-refractivity contribution in [3.8, 4) is 0 Å². The highest BCUT2D eigenvalue weighted by molar-refractivity contribution is 7.91. The maximum Gasteiger partial charge on any atom is 0.325 e. The second-order valence-electron chi connectivity index (χ2n) is 2.13. The molecule has 0 aromatic carbocycles. The van der Waals surface area contributed by atoms with Gasteiger partial charge in [-0.15, -0.1) is 4.72 Å². The molecule has 1 unspecified atom stereocenters. The van der Waals surface area contributed by atoms with Crippen LogP contribution in [-0.2, 0) is 11.5 Å². The molecule has 1 aliphatic rings. The van der Waals surface area contributed by atoms with E-state index in [1.54, 1.807) is 0 Å². The number of aromatic amines is 2. The number of anilines is 1. The second kappa shape index (κ2) is 2.29. The Morgan fingerprint density at radius 2 is 1.92 bits per heavy atom. The Balaban J connectivity index is 2.53. The fourth-order valence-electron chi connectivity index (χ4n) is 0.884. The molecule has 0 fully saturated rings. The van der Waals surface area contributed by atoms with Crippen molar-refractivity contribution in [2.45, 2.75) is 0 Å². The topological polar surface area (TPSA) is 113 Å². The summed E-state index contributed by atoms with van der Waals surface area (Å²) in [4.78, 5) is 26.2. The molecule has 1 aliphatic heterocycles. The van der Waals surface area contributed by atoms with Gasteiger partial charge in [-0.1, -0.05) is 0 Å². The first-order chi connectivity index (χ1) is 5.66. The summed E-state index contributed by atoms with van der Waals surface area (Å²) in [6.45, 7) is 0. The number of aromatic nitrogens is 2. The third-order valence-corrected chi connectivity index (χ3v) is 2.09. The molecule has 64 valence electrons. The number of fused-ring (bicyclic) bond motifs is 1. The summed E-state index contributed by atoms with van der Waals surface area (Å²) in [5.74, 6) is -0.414. The molecule has 0 saturated carbocycles. The van der Waals surface area contributed by atoms with Crippen molar-refractivity contribution in [2.75, 3.05) is 4.72 Å². The van der Waals surface area contributed by atoms with Crippen LogP contribution in [0.1, 0.15) is 10.5 Å². The van der Waals surface area contributed by atoms with Gasteiger partial charge in [-0.05, 0) is 0 Å². The van der Waals surface area contributed by atoms with Crippen LogP contribution in [0.25, 0.3) is 0 Å². The third-order valence-electron chi connectivity index (χ3n) is 1.33. The number of rotatable bonds is 0. The number of nitrogens with one attached hydrogen (secondary N) is 4. The van der Waals surface area contributed by atoms with Crippen LogP contribution in [0, 0.1) is 0 Å². The Bertz CT molecular complexity index is 382. The molecule has 0 saturated heterocycles. The fourth-order valence-corrected chi connectivity index (χ4v) is 1.54. The minimum Gasteiger partial charge on any atom is -0.568 e. The summed E-state index contributed by atoms with van der Waals surface area (Å²) < 4.78 is 15.2. The zero-order valence-electron chi connectivity index (χ0n) is 5.63. The Morgan fingerprint density at radius 1 is 1.17 bits per heavy atom. The molecule has 7 nitrogen and oxygen atoms in total. The van der Waals surface area contributed by atoms with Gasteiger partial charge in [0.1, 0.15) is 0 Å². The van der Waals surface area contributed by atoms with E-state index in [0.717, 1.165) is 0 Å². The Labute approximate surface area is 69.0 Å². The van der Waals surface area contributed by atoms with E-state index in [0.29, 0.717) is 0 Å². The third kappa shape index (κ3) is 0.970. The van der Waals surface area contributed by atoms with Gasteiger partial charge in [-0.25, -0.2) is 4.79 Å². The first kappa shape index (κ1) is 7.25. The molecule has 8 heteroatoms. The predicted molar refractivity (Wildman–Crippen MR) is 40.6 cm³/mol. The molecule has 1 aromatic heterocycles. The van der Waals surface area contributed by atoms with Crippen molar-refractivity contribution in [1.29, 1.82) is 0 Å². The van der Waals surface area contributed by atoms with Gasteiger partial charge in [0.25, 0.3) is 0 Å². The van der Waals surface area contributed by atoms with E-state index >= 15 is 0 Å². The lowest BCUT2D eigenvalue weighted by atomic mass is 10.4. The van der Waals surface area contributed by atoms with Crippen LogP contribution in [0.2, 0.25) is 0 Å². The van der Waals surface area contributed by atoms with Gasteiger partial charge >= 0.3 is 11.6 Å². The van der Waals surface area contributed by atoms with Crippen molar-refractivity contribution >= 4 is 23.3 Å². The first-order valence-electron chi connectivity index (χ1n) is 2.98. The van der Waals surface area contributed by atoms with Crippen LogP contribution in [0.15, 0.2) is 4.79 Å². The molecule has 1 aromatic rings. The zero-order chi connectivity index (χ0) is 8.72. The fraction of sp³-hybridized carbons (Fsp3) is 0. The quantitative estimate of drug-likeness (QED) is 0.368. The summed E-state index contributed by atoms with van der Waals surface area (Å²) in [5, 5.41) is 0. The molecular formula is C4H4N4O3S. The van der Waals surface area contributed by atoms with E-state index in [9.17, 15) is 14.1 Å². The average Bonchev–Trinajstić information content (AvgIpc) is 2.29. The highest BCUT2D eigenvalue weighted by Crippen LogP contribution is 2.12. The Kier molecular flexibility index (Phi) is 1.38. The lowest BCUT2D eigenvalue weighted by Crippen LogP contribution is -2.40. The molecule has 2 rings (SSSR count). The number of amides is 1. The van der Waals surface area contributed by atoms with E-state index in [2.05, 4.69) is 19.4 Å². The summed E-state index contributed by atoms with van der Waals surface area (Å²) in [6.07, 6.45) is 0. The van der Waals surface area contributed by atoms with Crippen LogP contribution in [-0.4, -0.2) is 20.4 Å². The molecule has 2 heterocycles. The summed E-state index contributed by atoms with van der Waals surface area (Å²) >= 11 is -1.66. The number of carbonyl (C=O) groups excluding carboxylic acids is 1. The standard InChI is InChI=1S/C4H4N4O3S/c9-3-1-2(6-4(10)5-1)7-12(11)8-3/h7H,(H,8,9)(H2,5,6,10). The van der Waals surface area contributed by atoms with Crippen molar-refractivity contribution in [1.82, 2.24) is 14.7 Å². The minimum absolute atomic E-state index is 0.0691. The van der Waals surface area contributed by atoms with Crippen LogP contribution in [0.3, 0.4) is 0 Å². The average molecular weight is 188 g/mol. The maximum absolute atomic E-state index is 11.0. The molecule has 0 bridgehead atoms. The minimum atomic E-state index is -1.66. The van der Waals surface area contributed by atoms with Crippen molar-refractivity contribution in [3.63, 3.8) is 0 Å². The van der Waals surface area contributed by atoms with Crippen LogP contribution < -0.4 is 15.1 Å². The maximum atomic E-state index is 11.0. The molecule has 0 radical (unpaired) electrons. The van der Waals surface area contributed by atoms with Gasteiger partial charge in [0.05, 0.1) is 0 Å². The van der Waals surface area contributed by atoms with Crippen LogP contribution >= 0.6 is 0 Å². The number of hydrogen-bond acceptors (Lipinski definition) is 4. The summed E-state index contributed by atoms with van der Waals surface area (Å²) in [5.41, 5.74) is -0.443. The molecular weight excluding hydrogens is 184 g/mol. The number of hydrogen-bond donors (Lipinski definition) is 4. The van der Waals surface area contributed by atoms with Crippen molar-refractivity contribution in [2.24, 2.45) is 0 Å². The molecule has 12 heavy (non-hydrogen) atoms. The lowest BCUT2D eigenvalue weighted by Gasteiger charge is -2.14. The van der Waals surface area contributed by atoms with Crippen molar-refractivity contribution in [3.05, 3.63) is 16.2 Å². The SMILES string of the molecule is O=C1N[S+]([O-])Nc2[nH]c(=O)[nH]c21. The summed E-state index contributed by atoms with van der Waals surface area (Å²) in [6, 6.07) is 0. The highest BCUT2D eigenvalue weighted by Gasteiger charge is 2.28. The first-order valence-corrected chi connectivity index (χ1v) is 4.13. The largest absolute Gasteiger partial charge is 0.568 e. The van der Waals surface area contributed by atoms with Gasteiger partial charge in [-0.3, -0.25) is 14.8 Å². The summed E-state index contributed by atoms with van der Waals surface area (Å²) in [7, 11) is 0.